The maximum absolute atomic E-state index is 13.0. The van der Waals surface area contributed by atoms with Gasteiger partial charge in [-0.1, -0.05) is 48.5 Å². The van der Waals surface area contributed by atoms with Gasteiger partial charge >= 0.3 is 5.82 Å². The number of nitrogens with zero attached hydrogens (tertiary/aromatic N) is 4. The Balaban J connectivity index is 2.14. The molecule has 0 spiro atoms. The quantitative estimate of drug-likeness (QED) is 0.417. The molecule has 0 saturated heterocycles. The Morgan fingerprint density at radius 3 is 2.36 bits per heavy atom. The minimum absolute atomic E-state index is 0.335. The first-order chi connectivity index (χ1) is 12.1. The Hall–Kier alpha value is -3.21. The molecule has 0 amide bonds. The third-order valence-electron chi connectivity index (χ3n) is 4.70. The van der Waals surface area contributed by atoms with E-state index >= 15 is 0 Å². The van der Waals surface area contributed by atoms with E-state index in [0.29, 0.717) is 17.2 Å². The van der Waals surface area contributed by atoms with Crippen LogP contribution in [0.25, 0.3) is 33.4 Å². The highest BCUT2D eigenvalue weighted by Gasteiger charge is 2.25. The number of rotatable bonds is 2. The van der Waals surface area contributed by atoms with E-state index in [1.165, 1.54) is 0 Å². The van der Waals surface area contributed by atoms with Gasteiger partial charge in [-0.05, 0) is 18.1 Å². The van der Waals surface area contributed by atoms with E-state index in [4.69, 9.17) is 0 Å². The average molecular weight is 330 g/mol. The van der Waals surface area contributed by atoms with Crippen molar-refractivity contribution in [3.05, 3.63) is 71.3 Å². The molecular weight excluding hydrogens is 312 g/mol. The summed E-state index contributed by atoms with van der Waals surface area (Å²) in [6.07, 6.45) is 0. The summed E-state index contributed by atoms with van der Waals surface area (Å²) in [5.41, 5.74) is 5.04. The zero-order valence-corrected chi connectivity index (χ0v) is 14.4. The summed E-state index contributed by atoms with van der Waals surface area (Å²) in [7, 11) is 2.01. The SMILES string of the molecule is Cc1c(-c2c(-c3ccccc3)nnc(C)[n+]2[O-])c2ccccc2n1C. The van der Waals surface area contributed by atoms with E-state index in [2.05, 4.69) is 20.8 Å². The second-order valence-corrected chi connectivity index (χ2v) is 6.14. The third-order valence-corrected chi connectivity index (χ3v) is 4.70. The second kappa shape index (κ2) is 5.70. The first kappa shape index (κ1) is 15.3. The molecule has 0 fully saturated rings. The van der Waals surface area contributed by atoms with Gasteiger partial charge in [-0.3, -0.25) is 0 Å². The summed E-state index contributed by atoms with van der Waals surface area (Å²) < 4.78 is 3.00. The molecule has 5 nitrogen and oxygen atoms in total. The molecule has 25 heavy (non-hydrogen) atoms. The molecular formula is C20H18N4O. The van der Waals surface area contributed by atoms with Crippen molar-refractivity contribution in [1.29, 1.82) is 0 Å². The van der Waals surface area contributed by atoms with Gasteiger partial charge in [0.1, 0.15) is 0 Å². The number of benzene rings is 2. The van der Waals surface area contributed by atoms with Gasteiger partial charge in [-0.2, -0.15) is 0 Å². The second-order valence-electron chi connectivity index (χ2n) is 6.14. The largest absolute Gasteiger partial charge is 0.710 e. The van der Waals surface area contributed by atoms with Crippen LogP contribution in [0.15, 0.2) is 54.6 Å². The molecule has 0 unspecified atom stereocenters. The molecule has 124 valence electrons. The van der Waals surface area contributed by atoms with Gasteiger partial charge in [0.25, 0.3) is 0 Å². The summed E-state index contributed by atoms with van der Waals surface area (Å²) >= 11 is 0. The standard InChI is InChI=1S/C20H18N4O/c1-13-18(16-11-7-8-12-17(16)23(13)3)20-19(15-9-5-4-6-10-15)22-21-14(2)24(20)25/h4-12H,1-3H3. The summed E-state index contributed by atoms with van der Waals surface area (Å²) in [6.45, 7) is 3.71. The molecule has 5 heteroatoms. The molecule has 0 saturated carbocycles. The molecule has 2 heterocycles. The molecule has 0 N–H and O–H groups in total. The van der Waals surface area contributed by atoms with Gasteiger partial charge in [0.15, 0.2) is 11.4 Å². The number of hydrogen-bond acceptors (Lipinski definition) is 3. The Morgan fingerprint density at radius 2 is 1.60 bits per heavy atom. The molecule has 0 aliphatic carbocycles. The summed E-state index contributed by atoms with van der Waals surface area (Å²) in [6, 6.07) is 17.8. The Kier molecular flexibility index (Phi) is 3.50. The van der Waals surface area contributed by atoms with Crippen molar-refractivity contribution in [2.24, 2.45) is 7.05 Å². The van der Waals surface area contributed by atoms with Crippen molar-refractivity contribution in [2.75, 3.05) is 0 Å². The maximum atomic E-state index is 13.0. The van der Waals surface area contributed by atoms with Crippen molar-refractivity contribution in [3.63, 3.8) is 0 Å². The molecule has 2 aromatic heterocycles. The van der Waals surface area contributed by atoms with Crippen LogP contribution in [0.4, 0.5) is 0 Å². The van der Waals surface area contributed by atoms with Crippen LogP contribution in [-0.2, 0) is 7.05 Å². The van der Waals surface area contributed by atoms with Gasteiger partial charge in [0.2, 0.25) is 0 Å². The first-order valence-electron chi connectivity index (χ1n) is 8.16. The predicted octanol–water partition coefficient (Wildman–Crippen LogP) is 3.55. The van der Waals surface area contributed by atoms with Crippen molar-refractivity contribution in [2.45, 2.75) is 13.8 Å². The lowest BCUT2D eigenvalue weighted by atomic mass is 10.0. The van der Waals surface area contributed by atoms with E-state index in [-0.39, 0.29) is 0 Å². The smallest absolute Gasteiger partial charge is 0.326 e. The number of para-hydroxylation sites is 1. The van der Waals surface area contributed by atoms with E-state index in [9.17, 15) is 5.21 Å². The fraction of sp³-hybridized carbons (Fsp3) is 0.150. The van der Waals surface area contributed by atoms with Gasteiger partial charge in [-0.15, -0.1) is 0 Å². The normalized spacial score (nSPS) is 11.2. The highest BCUT2D eigenvalue weighted by atomic mass is 16.5. The van der Waals surface area contributed by atoms with Crippen molar-refractivity contribution >= 4 is 10.9 Å². The van der Waals surface area contributed by atoms with E-state index in [0.717, 1.165) is 32.5 Å². The predicted molar refractivity (Wildman–Crippen MR) is 97.8 cm³/mol. The lowest BCUT2D eigenvalue weighted by Gasteiger charge is -2.14. The van der Waals surface area contributed by atoms with Crippen LogP contribution < -0.4 is 4.73 Å². The van der Waals surface area contributed by atoms with E-state index < -0.39 is 0 Å². The van der Waals surface area contributed by atoms with E-state index in [1.54, 1.807) is 6.92 Å². The maximum Gasteiger partial charge on any atom is 0.326 e. The monoisotopic (exact) mass is 330 g/mol. The molecule has 0 aliphatic heterocycles. The highest BCUT2D eigenvalue weighted by Crippen LogP contribution is 2.36. The third kappa shape index (κ3) is 2.28. The number of aryl methyl sites for hydroxylation is 2. The Labute approximate surface area is 145 Å². The Morgan fingerprint density at radius 1 is 0.920 bits per heavy atom. The highest BCUT2D eigenvalue weighted by molar-refractivity contribution is 5.99. The van der Waals surface area contributed by atoms with Crippen molar-refractivity contribution < 1.29 is 4.73 Å². The van der Waals surface area contributed by atoms with Crippen LogP contribution in [0.1, 0.15) is 11.5 Å². The van der Waals surface area contributed by atoms with Crippen LogP contribution >= 0.6 is 0 Å². The molecule has 2 aromatic carbocycles. The van der Waals surface area contributed by atoms with Gasteiger partial charge in [-0.25, -0.2) is 4.73 Å². The molecule has 4 rings (SSSR count). The minimum atomic E-state index is 0.335. The summed E-state index contributed by atoms with van der Waals surface area (Å²) in [4.78, 5) is 0. The number of hydrogen-bond donors (Lipinski definition) is 0. The van der Waals surface area contributed by atoms with Crippen LogP contribution in [0.5, 0.6) is 0 Å². The van der Waals surface area contributed by atoms with Crippen molar-refractivity contribution in [1.82, 2.24) is 14.8 Å². The summed E-state index contributed by atoms with van der Waals surface area (Å²) in [5.74, 6) is 0.335. The van der Waals surface area contributed by atoms with Gasteiger partial charge in [0.05, 0.1) is 10.7 Å². The fourth-order valence-electron chi connectivity index (χ4n) is 3.30. The first-order valence-corrected chi connectivity index (χ1v) is 8.16. The minimum Gasteiger partial charge on any atom is -0.710 e. The van der Waals surface area contributed by atoms with Gasteiger partial charge < -0.3 is 9.77 Å². The Bertz CT molecular complexity index is 1080. The van der Waals surface area contributed by atoms with Gasteiger partial charge in [0, 0.05) is 36.1 Å². The fourth-order valence-corrected chi connectivity index (χ4v) is 3.30. The van der Waals surface area contributed by atoms with Crippen LogP contribution in [0, 0.1) is 19.1 Å². The molecule has 0 radical (unpaired) electrons. The lowest BCUT2D eigenvalue weighted by molar-refractivity contribution is -0.604. The zero-order valence-electron chi connectivity index (χ0n) is 14.4. The van der Waals surface area contributed by atoms with Crippen LogP contribution in [0.3, 0.4) is 0 Å². The molecule has 0 atom stereocenters. The van der Waals surface area contributed by atoms with Crippen LogP contribution in [0.2, 0.25) is 0 Å². The van der Waals surface area contributed by atoms with E-state index in [1.807, 2.05) is 62.5 Å². The average Bonchev–Trinajstić information content (AvgIpc) is 2.89. The number of fused-ring (bicyclic) bond motifs is 1. The van der Waals surface area contributed by atoms with Crippen molar-refractivity contribution in [3.8, 4) is 22.5 Å². The molecule has 4 aromatic rings. The summed E-state index contributed by atoms with van der Waals surface area (Å²) in [5, 5.41) is 22.4. The lowest BCUT2D eigenvalue weighted by Crippen LogP contribution is -2.36. The zero-order chi connectivity index (χ0) is 17.6. The topological polar surface area (TPSA) is 57.6 Å². The molecule has 0 aliphatic rings. The van der Waals surface area contributed by atoms with Crippen LogP contribution in [-0.4, -0.2) is 14.8 Å². The number of aromatic nitrogens is 4. The molecule has 0 bridgehead atoms.